The number of hydrogen-bond acceptors (Lipinski definition) is 4. The van der Waals surface area contributed by atoms with Crippen molar-refractivity contribution in [2.45, 2.75) is 6.92 Å². The predicted octanol–water partition coefficient (Wildman–Crippen LogP) is 5.48. The van der Waals surface area contributed by atoms with Crippen molar-refractivity contribution in [3.63, 3.8) is 0 Å². The van der Waals surface area contributed by atoms with Crippen LogP contribution in [0, 0.1) is 6.92 Å². The highest BCUT2D eigenvalue weighted by molar-refractivity contribution is 6.30. The van der Waals surface area contributed by atoms with Crippen LogP contribution in [0.3, 0.4) is 0 Å². The SMILES string of the molecule is Cc1cccc(/C=C2\Oc3cc(OC(=O)c4cccc(Cl)c4)ccc3C2=O)c1. The van der Waals surface area contributed by atoms with Gasteiger partial charge < -0.3 is 9.47 Å². The smallest absolute Gasteiger partial charge is 0.343 e. The third kappa shape index (κ3) is 3.68. The van der Waals surface area contributed by atoms with E-state index in [2.05, 4.69) is 0 Å². The molecule has 0 amide bonds. The van der Waals surface area contributed by atoms with Crippen molar-refractivity contribution in [3.8, 4) is 11.5 Å². The standard InChI is InChI=1S/C23H15ClO4/c1-14-4-2-5-15(10-14)11-21-22(25)19-9-8-18(13-20(19)28-21)27-23(26)16-6-3-7-17(24)12-16/h2-13H,1H3/b21-11-. The summed E-state index contributed by atoms with van der Waals surface area (Å²) < 4.78 is 11.1. The van der Waals surface area contributed by atoms with Crippen molar-refractivity contribution in [2.75, 3.05) is 0 Å². The third-order valence-corrected chi connectivity index (χ3v) is 4.49. The van der Waals surface area contributed by atoms with Crippen LogP contribution in [0.2, 0.25) is 5.02 Å². The molecule has 0 aromatic heterocycles. The Balaban J connectivity index is 1.56. The first-order valence-electron chi connectivity index (χ1n) is 8.62. The molecular weight excluding hydrogens is 376 g/mol. The lowest BCUT2D eigenvalue weighted by Crippen LogP contribution is -2.08. The van der Waals surface area contributed by atoms with Gasteiger partial charge in [-0.25, -0.2) is 4.79 Å². The number of carbonyl (C=O) groups excluding carboxylic acids is 2. The summed E-state index contributed by atoms with van der Waals surface area (Å²) in [5.41, 5.74) is 2.74. The normalized spacial score (nSPS) is 13.9. The number of aryl methyl sites for hydroxylation is 1. The van der Waals surface area contributed by atoms with Crippen LogP contribution in [-0.4, -0.2) is 11.8 Å². The van der Waals surface area contributed by atoms with Crippen LogP contribution in [0.15, 0.2) is 72.5 Å². The van der Waals surface area contributed by atoms with Crippen molar-refractivity contribution in [1.29, 1.82) is 0 Å². The Morgan fingerprint density at radius 2 is 1.86 bits per heavy atom. The van der Waals surface area contributed by atoms with E-state index in [0.717, 1.165) is 11.1 Å². The molecule has 5 heteroatoms. The summed E-state index contributed by atoms with van der Waals surface area (Å²) in [5.74, 6) is 0.138. The Morgan fingerprint density at radius 1 is 1.04 bits per heavy atom. The van der Waals surface area contributed by atoms with E-state index in [0.29, 0.717) is 21.9 Å². The summed E-state index contributed by atoms with van der Waals surface area (Å²) in [4.78, 5) is 24.8. The van der Waals surface area contributed by atoms with Crippen molar-refractivity contribution >= 4 is 29.4 Å². The molecular formula is C23H15ClO4. The van der Waals surface area contributed by atoms with E-state index in [1.165, 1.54) is 12.1 Å². The van der Waals surface area contributed by atoms with E-state index in [4.69, 9.17) is 21.1 Å². The summed E-state index contributed by atoms with van der Waals surface area (Å²) in [6.07, 6.45) is 1.70. The second kappa shape index (κ2) is 7.33. The van der Waals surface area contributed by atoms with Crippen LogP contribution < -0.4 is 9.47 Å². The number of halogens is 1. The average molecular weight is 391 g/mol. The van der Waals surface area contributed by atoms with Crippen molar-refractivity contribution in [1.82, 2.24) is 0 Å². The first-order valence-corrected chi connectivity index (χ1v) is 9.00. The fourth-order valence-corrected chi connectivity index (χ4v) is 3.11. The van der Waals surface area contributed by atoms with Crippen LogP contribution in [0.1, 0.15) is 31.8 Å². The number of hydrogen-bond donors (Lipinski definition) is 0. The van der Waals surface area contributed by atoms with Crippen LogP contribution in [0.4, 0.5) is 0 Å². The highest BCUT2D eigenvalue weighted by atomic mass is 35.5. The molecule has 0 unspecified atom stereocenters. The number of carbonyl (C=O) groups is 2. The minimum absolute atomic E-state index is 0.204. The third-order valence-electron chi connectivity index (χ3n) is 4.25. The van der Waals surface area contributed by atoms with Gasteiger partial charge in [0.15, 0.2) is 5.76 Å². The Kier molecular flexibility index (Phi) is 4.72. The summed E-state index contributed by atoms with van der Waals surface area (Å²) in [6.45, 7) is 1.98. The molecule has 3 aromatic rings. The lowest BCUT2D eigenvalue weighted by molar-refractivity contribution is 0.0734. The Hall–Kier alpha value is -3.37. The van der Waals surface area contributed by atoms with E-state index in [9.17, 15) is 9.59 Å². The second-order valence-corrected chi connectivity index (χ2v) is 6.85. The number of esters is 1. The van der Waals surface area contributed by atoms with Gasteiger partial charge in [0.25, 0.3) is 0 Å². The summed E-state index contributed by atoms with van der Waals surface area (Å²) in [6, 6.07) is 18.9. The Morgan fingerprint density at radius 3 is 2.64 bits per heavy atom. The van der Waals surface area contributed by atoms with Crippen molar-refractivity contribution in [2.24, 2.45) is 0 Å². The van der Waals surface area contributed by atoms with E-state index < -0.39 is 5.97 Å². The number of benzene rings is 3. The topological polar surface area (TPSA) is 52.6 Å². The molecule has 0 radical (unpaired) electrons. The minimum Gasteiger partial charge on any atom is -0.452 e. The number of ketones is 1. The molecule has 0 bridgehead atoms. The Labute approximate surface area is 167 Å². The molecule has 0 fully saturated rings. The fraction of sp³-hybridized carbons (Fsp3) is 0.0435. The van der Waals surface area contributed by atoms with Crippen molar-refractivity contribution in [3.05, 3.63) is 99.8 Å². The first-order chi connectivity index (χ1) is 13.5. The molecule has 0 saturated carbocycles. The van der Waals surface area contributed by atoms with Gasteiger partial charge in [0.05, 0.1) is 11.1 Å². The first kappa shape index (κ1) is 18.0. The van der Waals surface area contributed by atoms with Gasteiger partial charge in [0.1, 0.15) is 11.5 Å². The fourth-order valence-electron chi connectivity index (χ4n) is 2.92. The molecule has 0 atom stereocenters. The van der Waals surface area contributed by atoms with Crippen LogP contribution in [0.5, 0.6) is 11.5 Å². The van der Waals surface area contributed by atoms with Gasteiger partial charge in [-0.2, -0.15) is 0 Å². The molecule has 4 nitrogen and oxygen atoms in total. The maximum atomic E-state index is 12.6. The molecule has 1 aliphatic rings. The number of rotatable bonds is 3. The van der Waals surface area contributed by atoms with Gasteiger partial charge in [-0.3, -0.25) is 4.79 Å². The van der Waals surface area contributed by atoms with Gasteiger partial charge in [-0.05, 0) is 48.9 Å². The Bertz CT molecular complexity index is 1130. The highest BCUT2D eigenvalue weighted by Gasteiger charge is 2.28. The monoisotopic (exact) mass is 390 g/mol. The summed E-state index contributed by atoms with van der Waals surface area (Å²) in [7, 11) is 0. The molecule has 0 N–H and O–H groups in total. The van der Waals surface area contributed by atoms with Crippen LogP contribution in [0.25, 0.3) is 6.08 Å². The van der Waals surface area contributed by atoms with Gasteiger partial charge >= 0.3 is 5.97 Å². The van der Waals surface area contributed by atoms with Crippen LogP contribution >= 0.6 is 11.6 Å². The molecule has 0 spiro atoms. The maximum absolute atomic E-state index is 12.6. The number of fused-ring (bicyclic) bond motifs is 1. The molecule has 28 heavy (non-hydrogen) atoms. The minimum atomic E-state index is -0.540. The quantitative estimate of drug-likeness (QED) is 0.337. The second-order valence-electron chi connectivity index (χ2n) is 6.41. The number of ether oxygens (including phenoxy) is 2. The lowest BCUT2D eigenvalue weighted by Gasteiger charge is -2.06. The number of Topliss-reactive ketones (excluding diaryl/α,β-unsaturated/α-hetero) is 1. The van der Waals surface area contributed by atoms with Crippen LogP contribution in [-0.2, 0) is 0 Å². The average Bonchev–Trinajstić information content (AvgIpc) is 2.97. The number of allylic oxidation sites excluding steroid dienone is 1. The zero-order valence-electron chi connectivity index (χ0n) is 14.9. The zero-order valence-corrected chi connectivity index (χ0v) is 15.7. The van der Waals surface area contributed by atoms with E-state index in [1.807, 2.05) is 31.2 Å². The van der Waals surface area contributed by atoms with Gasteiger partial charge in [0.2, 0.25) is 5.78 Å². The van der Waals surface area contributed by atoms with Gasteiger partial charge in [-0.1, -0.05) is 47.5 Å². The van der Waals surface area contributed by atoms with Crippen molar-refractivity contribution < 1.29 is 19.1 Å². The van der Waals surface area contributed by atoms with Gasteiger partial charge in [-0.15, -0.1) is 0 Å². The lowest BCUT2D eigenvalue weighted by atomic mass is 10.1. The molecule has 3 aromatic carbocycles. The largest absolute Gasteiger partial charge is 0.452 e. The molecule has 1 heterocycles. The molecule has 0 aliphatic carbocycles. The molecule has 4 rings (SSSR count). The molecule has 1 aliphatic heterocycles. The predicted molar refractivity (Wildman–Crippen MR) is 107 cm³/mol. The summed E-state index contributed by atoms with van der Waals surface area (Å²) in [5, 5.41) is 0.447. The molecule has 0 saturated heterocycles. The van der Waals surface area contributed by atoms with E-state index in [1.54, 1.807) is 36.4 Å². The zero-order chi connectivity index (χ0) is 19.7. The van der Waals surface area contributed by atoms with E-state index in [-0.39, 0.29) is 17.3 Å². The summed E-state index contributed by atoms with van der Waals surface area (Å²) >= 11 is 5.91. The van der Waals surface area contributed by atoms with Gasteiger partial charge in [0, 0.05) is 11.1 Å². The highest BCUT2D eigenvalue weighted by Crippen LogP contribution is 2.35. The van der Waals surface area contributed by atoms with E-state index >= 15 is 0 Å². The molecule has 138 valence electrons. The maximum Gasteiger partial charge on any atom is 0.343 e.